The van der Waals surface area contributed by atoms with Gasteiger partial charge >= 0.3 is 0 Å². The summed E-state index contributed by atoms with van der Waals surface area (Å²) in [5.41, 5.74) is 1.12. The number of hydrogen-bond acceptors (Lipinski definition) is 5. The zero-order valence-corrected chi connectivity index (χ0v) is 13.9. The molecule has 0 spiro atoms. The maximum absolute atomic E-state index is 5.86. The van der Waals surface area contributed by atoms with Crippen LogP contribution >= 0.6 is 0 Å². The number of nitrogens with one attached hydrogen (secondary N) is 1. The van der Waals surface area contributed by atoms with Crippen LogP contribution in [0.3, 0.4) is 0 Å². The van der Waals surface area contributed by atoms with E-state index in [9.17, 15) is 0 Å². The van der Waals surface area contributed by atoms with Crippen molar-refractivity contribution < 1.29 is 14.2 Å². The molecule has 5 nitrogen and oxygen atoms in total. The fourth-order valence-corrected chi connectivity index (χ4v) is 2.00. The molecular formula is C16H28N2O3. The van der Waals surface area contributed by atoms with Crippen LogP contribution < -0.4 is 19.5 Å². The van der Waals surface area contributed by atoms with Gasteiger partial charge in [-0.15, -0.1) is 0 Å². The van der Waals surface area contributed by atoms with E-state index in [0.29, 0.717) is 23.9 Å². The van der Waals surface area contributed by atoms with Gasteiger partial charge in [0.05, 0.1) is 20.8 Å². The number of nitrogens with zero attached hydrogens (tertiary/aromatic N) is 1. The van der Waals surface area contributed by atoms with Crippen molar-refractivity contribution in [3.8, 4) is 17.2 Å². The quantitative estimate of drug-likeness (QED) is 0.670. The van der Waals surface area contributed by atoms with Crippen LogP contribution in [0.1, 0.15) is 18.9 Å². The first-order valence-electron chi connectivity index (χ1n) is 7.35. The van der Waals surface area contributed by atoms with Gasteiger partial charge in [0.1, 0.15) is 0 Å². The predicted octanol–water partition coefficient (Wildman–Crippen LogP) is 2.14. The molecule has 120 valence electrons. The molecule has 1 N–H and O–H groups in total. The molecule has 5 heteroatoms. The SMILES string of the molecule is CCNCc1cc(OC)c(OCCCN(C)C)c(OC)c1. The minimum absolute atomic E-state index is 0.636. The highest BCUT2D eigenvalue weighted by molar-refractivity contribution is 5.53. The highest BCUT2D eigenvalue weighted by atomic mass is 16.5. The average molecular weight is 296 g/mol. The molecule has 0 radical (unpaired) electrons. The molecule has 0 atom stereocenters. The second-order valence-corrected chi connectivity index (χ2v) is 5.12. The number of benzene rings is 1. The van der Waals surface area contributed by atoms with Crippen molar-refractivity contribution in [2.45, 2.75) is 19.9 Å². The largest absolute Gasteiger partial charge is 0.493 e. The summed E-state index contributed by atoms with van der Waals surface area (Å²) in [5, 5.41) is 3.29. The lowest BCUT2D eigenvalue weighted by Crippen LogP contribution is -2.16. The third-order valence-corrected chi connectivity index (χ3v) is 3.10. The van der Waals surface area contributed by atoms with Crippen LogP contribution in [0.2, 0.25) is 0 Å². The normalized spacial score (nSPS) is 10.8. The van der Waals surface area contributed by atoms with E-state index in [4.69, 9.17) is 14.2 Å². The molecule has 0 aromatic heterocycles. The lowest BCUT2D eigenvalue weighted by molar-refractivity contribution is 0.254. The number of methoxy groups -OCH3 is 2. The average Bonchev–Trinajstić information content (AvgIpc) is 2.49. The predicted molar refractivity (Wildman–Crippen MR) is 85.6 cm³/mol. The lowest BCUT2D eigenvalue weighted by atomic mass is 10.1. The van der Waals surface area contributed by atoms with E-state index < -0.39 is 0 Å². The van der Waals surface area contributed by atoms with Gasteiger partial charge in [0.15, 0.2) is 11.5 Å². The van der Waals surface area contributed by atoms with E-state index in [-0.39, 0.29) is 0 Å². The Bertz CT molecular complexity index is 397. The molecule has 0 aliphatic rings. The Hall–Kier alpha value is -1.46. The van der Waals surface area contributed by atoms with Crippen LogP contribution in [0.25, 0.3) is 0 Å². The van der Waals surface area contributed by atoms with Crippen molar-refractivity contribution >= 4 is 0 Å². The summed E-state index contributed by atoms with van der Waals surface area (Å²) in [7, 11) is 7.41. The molecule has 1 aromatic carbocycles. The van der Waals surface area contributed by atoms with Crippen LogP contribution in [-0.4, -0.2) is 52.9 Å². The maximum atomic E-state index is 5.86. The first-order chi connectivity index (χ1) is 10.1. The Labute approximate surface area is 128 Å². The molecule has 0 unspecified atom stereocenters. The molecule has 0 heterocycles. The van der Waals surface area contributed by atoms with E-state index in [1.54, 1.807) is 14.2 Å². The summed E-state index contributed by atoms with van der Waals surface area (Å²) in [4.78, 5) is 2.14. The van der Waals surface area contributed by atoms with Crippen molar-refractivity contribution in [2.75, 3.05) is 48.0 Å². The zero-order chi connectivity index (χ0) is 15.7. The molecule has 21 heavy (non-hydrogen) atoms. The van der Waals surface area contributed by atoms with E-state index in [0.717, 1.165) is 31.6 Å². The highest BCUT2D eigenvalue weighted by Gasteiger charge is 2.14. The Morgan fingerprint density at radius 3 is 2.19 bits per heavy atom. The van der Waals surface area contributed by atoms with Crippen LogP contribution in [0.15, 0.2) is 12.1 Å². The van der Waals surface area contributed by atoms with Gasteiger partial charge < -0.3 is 24.4 Å². The van der Waals surface area contributed by atoms with Gasteiger partial charge in [-0.2, -0.15) is 0 Å². The number of rotatable bonds is 10. The molecule has 1 aromatic rings. The molecule has 0 fully saturated rings. The fraction of sp³-hybridized carbons (Fsp3) is 0.625. The van der Waals surface area contributed by atoms with Crippen molar-refractivity contribution in [3.63, 3.8) is 0 Å². The van der Waals surface area contributed by atoms with Gasteiger partial charge in [-0.1, -0.05) is 6.92 Å². The minimum atomic E-state index is 0.636. The third-order valence-electron chi connectivity index (χ3n) is 3.10. The Morgan fingerprint density at radius 1 is 1.10 bits per heavy atom. The van der Waals surface area contributed by atoms with E-state index in [2.05, 4.69) is 31.2 Å². The van der Waals surface area contributed by atoms with Crippen molar-refractivity contribution in [3.05, 3.63) is 17.7 Å². The standard InChI is InChI=1S/C16H28N2O3/c1-6-17-12-13-10-14(19-4)16(15(11-13)20-5)21-9-7-8-18(2)3/h10-11,17H,6-9,12H2,1-5H3. The molecule has 1 rings (SSSR count). The minimum Gasteiger partial charge on any atom is -0.493 e. The maximum Gasteiger partial charge on any atom is 0.203 e. The molecule has 0 aliphatic heterocycles. The second-order valence-electron chi connectivity index (χ2n) is 5.12. The fourth-order valence-electron chi connectivity index (χ4n) is 2.00. The monoisotopic (exact) mass is 296 g/mol. The number of hydrogen-bond donors (Lipinski definition) is 1. The Kier molecular flexibility index (Phi) is 7.93. The molecule has 0 saturated carbocycles. The van der Waals surface area contributed by atoms with E-state index >= 15 is 0 Å². The Morgan fingerprint density at radius 2 is 1.71 bits per heavy atom. The molecule has 0 amide bonds. The molecular weight excluding hydrogens is 268 g/mol. The summed E-state index contributed by atoms with van der Waals surface area (Å²) < 4.78 is 16.7. The summed E-state index contributed by atoms with van der Waals surface area (Å²) in [6.45, 7) is 5.41. The zero-order valence-electron chi connectivity index (χ0n) is 13.9. The summed E-state index contributed by atoms with van der Waals surface area (Å²) in [5.74, 6) is 2.11. The first kappa shape index (κ1) is 17.6. The van der Waals surface area contributed by atoms with Gasteiger partial charge in [-0.05, 0) is 44.8 Å². The highest BCUT2D eigenvalue weighted by Crippen LogP contribution is 2.38. The van der Waals surface area contributed by atoms with Crippen molar-refractivity contribution in [2.24, 2.45) is 0 Å². The summed E-state index contributed by atoms with van der Waals surface area (Å²) in [6, 6.07) is 3.99. The van der Waals surface area contributed by atoms with Crippen LogP contribution in [0.5, 0.6) is 17.2 Å². The van der Waals surface area contributed by atoms with Gasteiger partial charge in [-0.3, -0.25) is 0 Å². The van der Waals surface area contributed by atoms with Crippen molar-refractivity contribution in [1.82, 2.24) is 10.2 Å². The Balaban J connectivity index is 2.80. The first-order valence-corrected chi connectivity index (χ1v) is 7.35. The van der Waals surface area contributed by atoms with Crippen molar-refractivity contribution in [1.29, 1.82) is 0 Å². The smallest absolute Gasteiger partial charge is 0.203 e. The third kappa shape index (κ3) is 5.81. The molecule has 0 bridgehead atoms. The van der Waals surface area contributed by atoms with Gasteiger partial charge in [0, 0.05) is 13.1 Å². The van der Waals surface area contributed by atoms with Crippen LogP contribution in [-0.2, 0) is 6.54 Å². The summed E-state index contributed by atoms with van der Waals surface area (Å²) in [6.07, 6.45) is 0.957. The summed E-state index contributed by atoms with van der Waals surface area (Å²) >= 11 is 0. The van der Waals surface area contributed by atoms with Gasteiger partial charge in [0.2, 0.25) is 5.75 Å². The second kappa shape index (κ2) is 9.47. The van der Waals surface area contributed by atoms with Crippen LogP contribution in [0.4, 0.5) is 0 Å². The topological polar surface area (TPSA) is 43.0 Å². The van der Waals surface area contributed by atoms with Gasteiger partial charge in [0.25, 0.3) is 0 Å². The number of ether oxygens (including phenoxy) is 3. The molecule has 0 aliphatic carbocycles. The van der Waals surface area contributed by atoms with E-state index in [1.165, 1.54) is 0 Å². The van der Waals surface area contributed by atoms with Crippen LogP contribution in [0, 0.1) is 0 Å². The van der Waals surface area contributed by atoms with E-state index in [1.807, 2.05) is 12.1 Å². The molecule has 0 saturated heterocycles. The lowest BCUT2D eigenvalue weighted by Gasteiger charge is -2.17. The van der Waals surface area contributed by atoms with Gasteiger partial charge in [-0.25, -0.2) is 0 Å².